The zero-order valence-electron chi connectivity index (χ0n) is 21.1. The number of rotatable bonds is 6. The van der Waals surface area contributed by atoms with Crippen molar-refractivity contribution in [3.63, 3.8) is 0 Å². The lowest BCUT2D eigenvalue weighted by Crippen LogP contribution is -2.55. The molecule has 1 amide bonds. The third-order valence-corrected chi connectivity index (χ3v) is 8.52. The quantitative estimate of drug-likeness (QED) is 0.348. The molecule has 3 aliphatic rings. The lowest BCUT2D eigenvalue weighted by Gasteiger charge is -2.32. The van der Waals surface area contributed by atoms with Crippen molar-refractivity contribution in [2.45, 2.75) is 43.0 Å². The van der Waals surface area contributed by atoms with Crippen LogP contribution in [0.4, 0.5) is 5.69 Å². The number of fused-ring (bicyclic) bond motifs is 4. The van der Waals surface area contributed by atoms with E-state index in [1.54, 1.807) is 36.4 Å². The maximum Gasteiger partial charge on any atom is 0.256 e. The van der Waals surface area contributed by atoms with Crippen LogP contribution in [-0.4, -0.2) is 41.5 Å². The molecule has 0 bridgehead atoms. The summed E-state index contributed by atoms with van der Waals surface area (Å²) in [7, 11) is 1.48. The number of anilines is 1. The van der Waals surface area contributed by atoms with Gasteiger partial charge in [-0.15, -0.1) is 0 Å². The van der Waals surface area contributed by atoms with Crippen molar-refractivity contribution in [1.82, 2.24) is 4.90 Å². The SMILES string of the molecule is COc1cc([C@H]2[C@H]([N+](=O)[O-])[C@@]3(C(=O)Nc4ccccc43)N3CCC[C@@H]23)cc(Cl)c1OCc1ccccc1C#N. The van der Waals surface area contributed by atoms with Gasteiger partial charge in [-0.3, -0.25) is 19.8 Å². The number of ether oxygens (including phenoxy) is 2. The molecule has 2 saturated heterocycles. The minimum atomic E-state index is -1.41. The zero-order valence-corrected chi connectivity index (χ0v) is 21.9. The highest BCUT2D eigenvalue weighted by atomic mass is 35.5. The summed E-state index contributed by atoms with van der Waals surface area (Å²) in [5, 5.41) is 25.4. The largest absolute Gasteiger partial charge is 0.493 e. The maximum atomic E-state index is 13.7. The number of hydrogen-bond donors (Lipinski definition) is 1. The zero-order chi connectivity index (χ0) is 27.3. The number of amides is 1. The average molecular weight is 545 g/mol. The number of nitrogens with one attached hydrogen (secondary N) is 1. The number of methoxy groups -OCH3 is 1. The Hall–Kier alpha value is -4.13. The molecule has 6 rings (SSSR count). The summed E-state index contributed by atoms with van der Waals surface area (Å²) < 4.78 is 11.6. The van der Waals surface area contributed by atoms with Gasteiger partial charge in [0.15, 0.2) is 17.0 Å². The van der Waals surface area contributed by atoms with Crippen molar-refractivity contribution in [3.8, 4) is 17.6 Å². The first-order valence-electron chi connectivity index (χ1n) is 12.7. The van der Waals surface area contributed by atoms with E-state index in [0.717, 1.165) is 12.8 Å². The van der Waals surface area contributed by atoms with Gasteiger partial charge < -0.3 is 14.8 Å². The van der Waals surface area contributed by atoms with Gasteiger partial charge in [-0.2, -0.15) is 5.26 Å². The van der Waals surface area contributed by atoms with Crippen LogP contribution in [0, 0.1) is 21.4 Å². The molecule has 0 unspecified atom stereocenters. The van der Waals surface area contributed by atoms with Crippen molar-refractivity contribution in [1.29, 1.82) is 5.26 Å². The molecule has 4 atom stereocenters. The first-order valence-corrected chi connectivity index (χ1v) is 13.1. The Morgan fingerprint density at radius 2 is 2.00 bits per heavy atom. The van der Waals surface area contributed by atoms with Crippen LogP contribution in [-0.2, 0) is 16.9 Å². The van der Waals surface area contributed by atoms with Crippen LogP contribution in [0.1, 0.15) is 41.0 Å². The summed E-state index contributed by atoms with van der Waals surface area (Å²) in [4.78, 5) is 28.2. The highest BCUT2D eigenvalue weighted by Gasteiger charge is 2.73. The summed E-state index contributed by atoms with van der Waals surface area (Å²) in [6, 6.07) is 18.4. The van der Waals surface area contributed by atoms with E-state index in [1.165, 1.54) is 7.11 Å². The molecule has 1 spiro atoms. The van der Waals surface area contributed by atoms with Crippen LogP contribution in [0.25, 0.3) is 0 Å². The Balaban J connectivity index is 1.43. The summed E-state index contributed by atoms with van der Waals surface area (Å²) in [6.07, 6.45) is 1.54. The van der Waals surface area contributed by atoms with Crippen LogP contribution in [0.5, 0.6) is 11.5 Å². The van der Waals surface area contributed by atoms with Crippen LogP contribution in [0.3, 0.4) is 0 Å². The molecule has 2 fully saturated rings. The van der Waals surface area contributed by atoms with Gasteiger partial charge in [0.25, 0.3) is 11.9 Å². The van der Waals surface area contributed by atoms with Gasteiger partial charge in [0.1, 0.15) is 6.61 Å². The Morgan fingerprint density at radius 1 is 1.23 bits per heavy atom. The smallest absolute Gasteiger partial charge is 0.256 e. The number of nitrogens with zero attached hydrogens (tertiary/aromatic N) is 3. The summed E-state index contributed by atoms with van der Waals surface area (Å²) in [5.41, 5.74) is 1.64. The lowest BCUT2D eigenvalue weighted by molar-refractivity contribution is -0.534. The van der Waals surface area contributed by atoms with Crippen molar-refractivity contribution in [2.24, 2.45) is 0 Å². The molecule has 0 radical (unpaired) electrons. The first-order chi connectivity index (χ1) is 18.9. The highest BCUT2D eigenvalue weighted by molar-refractivity contribution is 6.32. The van der Waals surface area contributed by atoms with Crippen LogP contribution < -0.4 is 14.8 Å². The molecule has 3 aromatic rings. The van der Waals surface area contributed by atoms with Gasteiger partial charge in [0, 0.05) is 34.3 Å². The van der Waals surface area contributed by atoms with E-state index in [4.69, 9.17) is 21.1 Å². The molecule has 3 aliphatic heterocycles. The Labute approximate surface area is 230 Å². The average Bonchev–Trinajstić information content (AvgIpc) is 3.60. The van der Waals surface area contributed by atoms with E-state index in [0.29, 0.717) is 40.2 Å². The molecule has 3 aromatic carbocycles. The van der Waals surface area contributed by atoms with Crippen molar-refractivity contribution >= 4 is 23.2 Å². The van der Waals surface area contributed by atoms with E-state index in [1.807, 2.05) is 29.2 Å². The molecule has 9 nitrogen and oxygen atoms in total. The number of nitro groups is 1. The molecule has 3 heterocycles. The number of carbonyl (C=O) groups excluding carboxylic acids is 1. The maximum absolute atomic E-state index is 13.7. The Morgan fingerprint density at radius 3 is 2.77 bits per heavy atom. The van der Waals surface area contributed by atoms with Gasteiger partial charge in [0.05, 0.1) is 29.7 Å². The van der Waals surface area contributed by atoms with E-state index in [2.05, 4.69) is 11.4 Å². The van der Waals surface area contributed by atoms with Gasteiger partial charge in [-0.1, -0.05) is 48.0 Å². The molecule has 10 heteroatoms. The van der Waals surface area contributed by atoms with Crippen LogP contribution in [0.15, 0.2) is 60.7 Å². The van der Waals surface area contributed by atoms with Gasteiger partial charge in [-0.05, 0) is 42.7 Å². The third kappa shape index (κ3) is 3.67. The van der Waals surface area contributed by atoms with E-state index < -0.39 is 17.5 Å². The number of nitriles is 1. The highest BCUT2D eigenvalue weighted by Crippen LogP contribution is 2.58. The molecular formula is C29H25ClN4O5. The molecule has 0 aromatic heterocycles. The van der Waals surface area contributed by atoms with Crippen molar-refractivity contribution < 1.29 is 19.2 Å². The standard InChI is InChI=1S/C29H25ClN4O5/c1-38-24-14-19(13-21(30)26(24)39-16-18-8-3-2-7-17(18)15-31)25-23-11-6-12-33(23)29(27(25)34(36)37)20-9-4-5-10-22(20)32-28(29)35/h2-5,7-10,13-14,23,25,27H,6,11-12,16H2,1H3,(H,32,35)/t23-,25+,27-,29-/m0/s1. The minimum Gasteiger partial charge on any atom is -0.493 e. The fourth-order valence-corrected chi connectivity index (χ4v) is 7.03. The second-order valence-electron chi connectivity index (χ2n) is 10.0. The van der Waals surface area contributed by atoms with Crippen molar-refractivity contribution in [3.05, 3.63) is 98.1 Å². The molecule has 198 valence electrons. The fourth-order valence-electron chi connectivity index (χ4n) is 6.75. The first kappa shape index (κ1) is 25.2. The van der Waals surface area contributed by atoms with Crippen LogP contribution in [0.2, 0.25) is 5.02 Å². The number of hydrogen-bond acceptors (Lipinski definition) is 7. The lowest BCUT2D eigenvalue weighted by atomic mass is 9.77. The van der Waals surface area contributed by atoms with Gasteiger partial charge in [0.2, 0.25) is 0 Å². The summed E-state index contributed by atoms with van der Waals surface area (Å²) >= 11 is 6.73. The minimum absolute atomic E-state index is 0.0938. The number of benzene rings is 3. The molecule has 0 aliphatic carbocycles. The predicted molar refractivity (Wildman–Crippen MR) is 143 cm³/mol. The predicted octanol–water partition coefficient (Wildman–Crippen LogP) is 4.85. The topological polar surface area (TPSA) is 118 Å². The number of para-hydroxylation sites is 1. The fraction of sp³-hybridized carbons (Fsp3) is 0.310. The van der Waals surface area contributed by atoms with E-state index in [-0.39, 0.29) is 34.3 Å². The van der Waals surface area contributed by atoms with E-state index in [9.17, 15) is 20.2 Å². The monoisotopic (exact) mass is 544 g/mol. The van der Waals surface area contributed by atoms with E-state index >= 15 is 0 Å². The van der Waals surface area contributed by atoms with Gasteiger partial charge in [-0.25, -0.2) is 0 Å². The Bertz CT molecular complexity index is 1540. The second kappa shape index (κ2) is 9.56. The normalized spacial score (nSPS) is 25.2. The molecule has 39 heavy (non-hydrogen) atoms. The van der Waals surface area contributed by atoms with Crippen molar-refractivity contribution in [2.75, 3.05) is 19.0 Å². The van der Waals surface area contributed by atoms with Crippen LogP contribution >= 0.6 is 11.6 Å². The molecular weight excluding hydrogens is 520 g/mol. The third-order valence-electron chi connectivity index (χ3n) is 8.24. The second-order valence-corrected chi connectivity index (χ2v) is 10.4. The summed E-state index contributed by atoms with van der Waals surface area (Å²) in [5.74, 6) is -0.364. The summed E-state index contributed by atoms with van der Waals surface area (Å²) in [6.45, 7) is 0.675. The molecule has 1 N–H and O–H groups in total. The van der Waals surface area contributed by atoms with Gasteiger partial charge >= 0.3 is 0 Å². The Kier molecular flexibility index (Phi) is 6.17. The number of halogens is 1. The number of carbonyl (C=O) groups is 1. The molecule has 0 saturated carbocycles.